The Kier molecular flexibility index (Phi) is 33.5. The molecular weight excluding hydrogens is 148 g/mol. The van der Waals surface area contributed by atoms with Gasteiger partial charge in [-0.2, -0.15) is 0 Å². The van der Waals surface area contributed by atoms with Crippen molar-refractivity contribution in [2.24, 2.45) is 5.92 Å². The van der Waals surface area contributed by atoms with Gasteiger partial charge in [-0.1, -0.05) is 54.4 Å². The van der Waals surface area contributed by atoms with Gasteiger partial charge < -0.3 is 4.74 Å². The Morgan fingerprint density at radius 2 is 1.42 bits per heavy atom. The van der Waals surface area contributed by atoms with E-state index in [1.165, 1.54) is 12.8 Å². The van der Waals surface area contributed by atoms with Gasteiger partial charge in [0.2, 0.25) is 0 Å². The van der Waals surface area contributed by atoms with Crippen molar-refractivity contribution in [1.29, 1.82) is 0 Å². The SMILES string of the molecule is CC.CCC.CCC(C)COC. The van der Waals surface area contributed by atoms with E-state index in [9.17, 15) is 0 Å². The summed E-state index contributed by atoms with van der Waals surface area (Å²) in [6.07, 6.45) is 2.47. The molecule has 0 bridgehead atoms. The monoisotopic (exact) mass is 176 g/mol. The molecule has 12 heavy (non-hydrogen) atoms. The first kappa shape index (κ1) is 17.9. The molecule has 0 fully saturated rings. The van der Waals surface area contributed by atoms with Gasteiger partial charge >= 0.3 is 0 Å². The predicted octanol–water partition coefficient (Wildman–Crippen LogP) is 4.12. The maximum Gasteiger partial charge on any atom is 0.0487 e. The van der Waals surface area contributed by atoms with E-state index in [1.54, 1.807) is 7.11 Å². The standard InChI is InChI=1S/C6H14O.C3H8.C2H6/c1-4-6(2)5-7-3;1-3-2;1-2/h6H,4-5H2,1-3H3;3H2,1-2H3;1-2H3. The fourth-order valence-corrected chi connectivity index (χ4v) is 0.402. The van der Waals surface area contributed by atoms with Crippen molar-refractivity contribution in [2.45, 2.75) is 54.4 Å². The summed E-state index contributed by atoms with van der Waals surface area (Å²) in [5.41, 5.74) is 0. The quantitative estimate of drug-likeness (QED) is 0.628. The van der Waals surface area contributed by atoms with E-state index in [2.05, 4.69) is 27.7 Å². The summed E-state index contributed by atoms with van der Waals surface area (Å²) >= 11 is 0. The molecule has 1 nitrogen and oxygen atoms in total. The summed E-state index contributed by atoms with van der Waals surface area (Å²) < 4.78 is 4.89. The lowest BCUT2D eigenvalue weighted by Gasteiger charge is -2.03. The van der Waals surface area contributed by atoms with E-state index in [-0.39, 0.29) is 0 Å². The largest absolute Gasteiger partial charge is 0.384 e. The molecule has 0 saturated heterocycles. The maximum absolute atomic E-state index is 4.89. The van der Waals surface area contributed by atoms with Crippen LogP contribution in [0.5, 0.6) is 0 Å². The van der Waals surface area contributed by atoms with E-state index in [0.717, 1.165) is 12.5 Å². The third-order valence-electron chi connectivity index (χ3n) is 1.15. The van der Waals surface area contributed by atoms with E-state index >= 15 is 0 Å². The smallest absolute Gasteiger partial charge is 0.0487 e. The molecule has 0 radical (unpaired) electrons. The van der Waals surface area contributed by atoms with Gasteiger partial charge in [0.15, 0.2) is 0 Å². The van der Waals surface area contributed by atoms with Crippen LogP contribution in [0.25, 0.3) is 0 Å². The second kappa shape index (κ2) is 22.4. The highest BCUT2D eigenvalue weighted by Gasteiger charge is 1.93. The van der Waals surface area contributed by atoms with Gasteiger partial charge in [0.25, 0.3) is 0 Å². The van der Waals surface area contributed by atoms with Crippen molar-refractivity contribution in [1.82, 2.24) is 0 Å². The van der Waals surface area contributed by atoms with Gasteiger partial charge in [0.05, 0.1) is 0 Å². The minimum atomic E-state index is 0.727. The van der Waals surface area contributed by atoms with Gasteiger partial charge in [0, 0.05) is 13.7 Å². The van der Waals surface area contributed by atoms with Crippen LogP contribution < -0.4 is 0 Å². The van der Waals surface area contributed by atoms with Crippen molar-refractivity contribution in [3.8, 4) is 0 Å². The van der Waals surface area contributed by atoms with Gasteiger partial charge in [-0.05, 0) is 5.92 Å². The Balaban J connectivity index is -0.000000137. The minimum absolute atomic E-state index is 0.727. The van der Waals surface area contributed by atoms with Gasteiger partial charge in [-0.3, -0.25) is 0 Å². The average molecular weight is 176 g/mol. The Hall–Kier alpha value is -0.0400. The lowest BCUT2D eigenvalue weighted by atomic mass is 10.1. The number of methoxy groups -OCH3 is 1. The molecule has 1 unspecified atom stereocenters. The van der Waals surface area contributed by atoms with Crippen LogP contribution in [0.4, 0.5) is 0 Å². The molecule has 1 heteroatoms. The first-order valence-electron chi connectivity index (χ1n) is 5.21. The fourth-order valence-electron chi connectivity index (χ4n) is 0.402. The lowest BCUT2D eigenvalue weighted by molar-refractivity contribution is 0.158. The molecule has 0 aliphatic heterocycles. The minimum Gasteiger partial charge on any atom is -0.384 e. The van der Waals surface area contributed by atoms with Gasteiger partial charge in [0.1, 0.15) is 0 Å². The second-order valence-electron chi connectivity index (χ2n) is 2.68. The zero-order chi connectivity index (χ0) is 10.4. The van der Waals surface area contributed by atoms with Crippen LogP contribution in [0.1, 0.15) is 54.4 Å². The molecule has 0 aromatic rings. The van der Waals surface area contributed by atoms with Gasteiger partial charge in [-0.15, -0.1) is 0 Å². The average Bonchev–Trinajstić information content (AvgIpc) is 2.10. The summed E-state index contributed by atoms with van der Waals surface area (Å²) in [4.78, 5) is 0. The zero-order valence-electron chi connectivity index (χ0n) is 10.1. The molecule has 0 aromatic heterocycles. The number of rotatable bonds is 3. The third kappa shape index (κ3) is 32.5. The second-order valence-corrected chi connectivity index (χ2v) is 2.68. The number of hydrogen-bond acceptors (Lipinski definition) is 1. The van der Waals surface area contributed by atoms with Crippen molar-refractivity contribution in [3.05, 3.63) is 0 Å². The molecular formula is C11H28O. The summed E-state index contributed by atoms with van der Waals surface area (Å²) in [6, 6.07) is 0. The van der Waals surface area contributed by atoms with Gasteiger partial charge in [-0.25, -0.2) is 0 Å². The molecule has 0 N–H and O–H groups in total. The summed E-state index contributed by atoms with van der Waals surface area (Å²) in [5.74, 6) is 0.727. The van der Waals surface area contributed by atoms with Crippen LogP contribution in [0.15, 0.2) is 0 Å². The first-order valence-corrected chi connectivity index (χ1v) is 5.21. The summed E-state index contributed by atoms with van der Waals surface area (Å²) in [5, 5.41) is 0. The Morgan fingerprint density at radius 3 is 1.50 bits per heavy atom. The first-order chi connectivity index (χ1) is 5.72. The molecule has 0 aliphatic rings. The van der Waals surface area contributed by atoms with Crippen molar-refractivity contribution >= 4 is 0 Å². The Morgan fingerprint density at radius 1 is 1.08 bits per heavy atom. The maximum atomic E-state index is 4.89. The Bertz CT molecular complexity index is 44.3. The lowest BCUT2D eigenvalue weighted by Crippen LogP contribution is -2.00. The molecule has 0 heterocycles. The summed E-state index contributed by atoms with van der Waals surface area (Å²) in [6.45, 7) is 13.5. The van der Waals surface area contributed by atoms with E-state index in [1.807, 2.05) is 13.8 Å². The van der Waals surface area contributed by atoms with Crippen LogP contribution in [0.3, 0.4) is 0 Å². The normalized spacial score (nSPS) is 10.2. The highest BCUT2D eigenvalue weighted by molar-refractivity contribution is 4.43. The molecule has 0 amide bonds. The zero-order valence-corrected chi connectivity index (χ0v) is 10.1. The topological polar surface area (TPSA) is 9.23 Å². The molecule has 0 spiro atoms. The van der Waals surface area contributed by atoms with Crippen molar-refractivity contribution in [3.63, 3.8) is 0 Å². The number of ether oxygens (including phenoxy) is 1. The van der Waals surface area contributed by atoms with Crippen molar-refractivity contribution < 1.29 is 4.74 Å². The number of hydrogen-bond donors (Lipinski definition) is 0. The van der Waals surface area contributed by atoms with Crippen molar-refractivity contribution in [2.75, 3.05) is 13.7 Å². The van der Waals surface area contributed by atoms with E-state index in [4.69, 9.17) is 4.74 Å². The van der Waals surface area contributed by atoms with Crippen LogP contribution in [0, 0.1) is 5.92 Å². The molecule has 0 saturated carbocycles. The van der Waals surface area contributed by atoms with Crippen LogP contribution in [-0.2, 0) is 4.74 Å². The molecule has 0 rings (SSSR count). The molecule has 0 aliphatic carbocycles. The molecule has 0 aromatic carbocycles. The highest BCUT2D eigenvalue weighted by Crippen LogP contribution is 1.98. The highest BCUT2D eigenvalue weighted by atomic mass is 16.5. The van der Waals surface area contributed by atoms with Crippen LogP contribution in [0.2, 0.25) is 0 Å². The third-order valence-corrected chi connectivity index (χ3v) is 1.15. The fraction of sp³-hybridized carbons (Fsp3) is 1.00. The molecule has 78 valence electrons. The predicted molar refractivity (Wildman–Crippen MR) is 58.6 cm³/mol. The van der Waals surface area contributed by atoms with E-state index < -0.39 is 0 Å². The summed E-state index contributed by atoms with van der Waals surface area (Å²) in [7, 11) is 1.74. The Labute approximate surface area is 79.5 Å². The molecule has 1 atom stereocenters. The van der Waals surface area contributed by atoms with Crippen LogP contribution in [-0.4, -0.2) is 13.7 Å². The van der Waals surface area contributed by atoms with E-state index in [0.29, 0.717) is 0 Å². The van der Waals surface area contributed by atoms with Crippen LogP contribution >= 0.6 is 0 Å².